The fourth-order valence-electron chi connectivity index (χ4n) is 2.63. The van der Waals surface area contributed by atoms with Gasteiger partial charge in [-0.1, -0.05) is 6.92 Å². The van der Waals surface area contributed by atoms with Crippen LogP contribution in [0.4, 0.5) is 11.5 Å². The fourth-order valence-corrected chi connectivity index (χ4v) is 2.63. The molecule has 0 radical (unpaired) electrons. The normalized spacial score (nSPS) is 18.8. The molecule has 0 saturated carbocycles. The van der Waals surface area contributed by atoms with E-state index in [1.54, 1.807) is 6.07 Å². The SMILES string of the molecule is CCCN(CC1CCCNC1)c1ccc([N+](=O)[O-])cn1. The fraction of sp³-hybridized carbons (Fsp3) is 0.643. The summed E-state index contributed by atoms with van der Waals surface area (Å²) in [6, 6.07) is 3.29. The number of nitro groups is 1. The summed E-state index contributed by atoms with van der Waals surface area (Å²) in [5, 5.41) is 14.1. The van der Waals surface area contributed by atoms with E-state index in [4.69, 9.17) is 0 Å². The third-order valence-electron chi connectivity index (χ3n) is 3.64. The van der Waals surface area contributed by atoms with Crippen molar-refractivity contribution >= 4 is 11.5 Å². The molecule has 1 unspecified atom stereocenters. The first-order chi connectivity index (χ1) is 9.70. The Morgan fingerprint density at radius 3 is 2.95 bits per heavy atom. The summed E-state index contributed by atoms with van der Waals surface area (Å²) < 4.78 is 0. The number of nitrogens with zero attached hydrogens (tertiary/aromatic N) is 3. The zero-order valence-corrected chi connectivity index (χ0v) is 11.9. The summed E-state index contributed by atoms with van der Waals surface area (Å²) >= 11 is 0. The Morgan fingerprint density at radius 2 is 2.40 bits per heavy atom. The molecule has 0 aromatic carbocycles. The molecule has 1 aromatic heterocycles. The summed E-state index contributed by atoms with van der Waals surface area (Å²) in [6.07, 6.45) is 4.84. The third kappa shape index (κ3) is 3.90. The lowest BCUT2D eigenvalue weighted by atomic mass is 9.99. The lowest BCUT2D eigenvalue weighted by Gasteiger charge is -2.30. The van der Waals surface area contributed by atoms with Gasteiger partial charge in [0.15, 0.2) is 0 Å². The Morgan fingerprint density at radius 1 is 1.55 bits per heavy atom. The van der Waals surface area contributed by atoms with Crippen molar-refractivity contribution in [1.82, 2.24) is 10.3 Å². The van der Waals surface area contributed by atoms with Gasteiger partial charge >= 0.3 is 0 Å². The number of hydrogen-bond acceptors (Lipinski definition) is 5. The molecule has 20 heavy (non-hydrogen) atoms. The maximum absolute atomic E-state index is 10.7. The Bertz CT molecular complexity index is 429. The van der Waals surface area contributed by atoms with Crippen LogP contribution in [-0.2, 0) is 0 Å². The average molecular weight is 278 g/mol. The summed E-state index contributed by atoms with van der Waals surface area (Å²) in [6.45, 7) is 6.19. The van der Waals surface area contributed by atoms with E-state index >= 15 is 0 Å². The molecule has 0 bridgehead atoms. The minimum absolute atomic E-state index is 0.0459. The highest BCUT2D eigenvalue weighted by molar-refractivity contribution is 5.42. The first kappa shape index (κ1) is 14.7. The highest BCUT2D eigenvalue weighted by Gasteiger charge is 2.18. The molecule has 1 atom stereocenters. The van der Waals surface area contributed by atoms with Gasteiger partial charge in [0, 0.05) is 19.2 Å². The molecule has 0 spiro atoms. The van der Waals surface area contributed by atoms with Crippen molar-refractivity contribution in [1.29, 1.82) is 0 Å². The lowest BCUT2D eigenvalue weighted by molar-refractivity contribution is -0.385. The molecule has 6 nitrogen and oxygen atoms in total. The molecule has 1 aliphatic heterocycles. The van der Waals surface area contributed by atoms with Gasteiger partial charge in [0.2, 0.25) is 0 Å². The van der Waals surface area contributed by atoms with Crippen molar-refractivity contribution in [2.75, 3.05) is 31.1 Å². The first-order valence-electron chi connectivity index (χ1n) is 7.26. The van der Waals surface area contributed by atoms with Gasteiger partial charge in [0.25, 0.3) is 5.69 Å². The summed E-state index contributed by atoms with van der Waals surface area (Å²) in [4.78, 5) is 16.7. The minimum Gasteiger partial charge on any atom is -0.356 e. The van der Waals surface area contributed by atoms with Crippen molar-refractivity contribution in [3.05, 3.63) is 28.4 Å². The highest BCUT2D eigenvalue weighted by atomic mass is 16.6. The number of aromatic nitrogens is 1. The standard InChI is InChI=1S/C14H22N4O2/c1-2-8-17(11-12-4-3-7-15-9-12)14-6-5-13(10-16-14)18(19)20/h5-6,10,12,15H,2-4,7-9,11H2,1H3. The van der Waals surface area contributed by atoms with Gasteiger partial charge in [0.05, 0.1) is 4.92 Å². The highest BCUT2D eigenvalue weighted by Crippen LogP contribution is 2.19. The number of rotatable bonds is 6. The van der Waals surface area contributed by atoms with E-state index in [0.717, 1.165) is 38.4 Å². The van der Waals surface area contributed by atoms with Crippen LogP contribution in [0, 0.1) is 16.0 Å². The van der Waals surface area contributed by atoms with Crippen molar-refractivity contribution in [2.24, 2.45) is 5.92 Å². The molecule has 1 fully saturated rings. The van der Waals surface area contributed by atoms with Gasteiger partial charge in [-0.05, 0) is 44.3 Å². The van der Waals surface area contributed by atoms with Gasteiger partial charge in [-0.25, -0.2) is 4.98 Å². The number of nitrogens with one attached hydrogen (secondary N) is 1. The zero-order valence-electron chi connectivity index (χ0n) is 11.9. The maximum atomic E-state index is 10.7. The van der Waals surface area contributed by atoms with E-state index < -0.39 is 4.92 Å². The quantitative estimate of drug-likeness (QED) is 0.638. The van der Waals surface area contributed by atoms with Crippen LogP contribution in [0.15, 0.2) is 18.3 Å². The molecule has 110 valence electrons. The van der Waals surface area contributed by atoms with E-state index in [1.165, 1.54) is 25.1 Å². The Balaban J connectivity index is 2.04. The van der Waals surface area contributed by atoms with E-state index in [9.17, 15) is 10.1 Å². The monoisotopic (exact) mass is 278 g/mol. The molecule has 1 N–H and O–H groups in total. The third-order valence-corrected chi connectivity index (χ3v) is 3.64. The van der Waals surface area contributed by atoms with E-state index in [0.29, 0.717) is 5.92 Å². The summed E-state index contributed by atoms with van der Waals surface area (Å²) in [5.41, 5.74) is 0.0459. The van der Waals surface area contributed by atoms with Gasteiger partial charge in [-0.15, -0.1) is 0 Å². The van der Waals surface area contributed by atoms with Crippen LogP contribution in [0.1, 0.15) is 26.2 Å². The van der Waals surface area contributed by atoms with Gasteiger partial charge < -0.3 is 10.2 Å². The van der Waals surface area contributed by atoms with Crippen LogP contribution in [0.5, 0.6) is 0 Å². The Labute approximate surface area is 119 Å². The van der Waals surface area contributed by atoms with Crippen LogP contribution in [0.25, 0.3) is 0 Å². The number of anilines is 1. The van der Waals surface area contributed by atoms with Crippen LogP contribution in [-0.4, -0.2) is 36.1 Å². The lowest BCUT2D eigenvalue weighted by Crippen LogP contribution is -2.39. The average Bonchev–Trinajstić information content (AvgIpc) is 2.48. The predicted molar refractivity (Wildman–Crippen MR) is 79.0 cm³/mol. The first-order valence-corrected chi connectivity index (χ1v) is 7.26. The maximum Gasteiger partial charge on any atom is 0.287 e. The molecular weight excluding hydrogens is 256 g/mol. The molecule has 2 rings (SSSR count). The van der Waals surface area contributed by atoms with Gasteiger partial charge in [0.1, 0.15) is 12.0 Å². The minimum atomic E-state index is -0.411. The molecule has 0 amide bonds. The van der Waals surface area contributed by atoms with Crippen molar-refractivity contribution in [3.63, 3.8) is 0 Å². The van der Waals surface area contributed by atoms with Crippen molar-refractivity contribution in [3.8, 4) is 0 Å². The smallest absolute Gasteiger partial charge is 0.287 e. The van der Waals surface area contributed by atoms with Gasteiger partial charge in [-0.2, -0.15) is 0 Å². The number of piperidine rings is 1. The largest absolute Gasteiger partial charge is 0.356 e. The second-order valence-corrected chi connectivity index (χ2v) is 5.29. The van der Waals surface area contributed by atoms with Crippen LogP contribution >= 0.6 is 0 Å². The predicted octanol–water partition coefficient (Wildman–Crippen LogP) is 2.21. The molecule has 6 heteroatoms. The van der Waals surface area contributed by atoms with E-state index in [2.05, 4.69) is 22.1 Å². The second kappa shape index (κ2) is 7.19. The van der Waals surface area contributed by atoms with Crippen LogP contribution in [0.2, 0.25) is 0 Å². The van der Waals surface area contributed by atoms with Crippen molar-refractivity contribution in [2.45, 2.75) is 26.2 Å². The van der Waals surface area contributed by atoms with Gasteiger partial charge in [-0.3, -0.25) is 10.1 Å². The summed E-state index contributed by atoms with van der Waals surface area (Å²) in [7, 11) is 0. The Kier molecular flexibility index (Phi) is 5.29. The van der Waals surface area contributed by atoms with Crippen molar-refractivity contribution < 1.29 is 4.92 Å². The molecule has 0 aliphatic carbocycles. The second-order valence-electron chi connectivity index (χ2n) is 5.29. The number of pyridine rings is 1. The molecule has 1 aliphatic rings. The Hall–Kier alpha value is -1.69. The van der Waals surface area contributed by atoms with Crippen LogP contribution < -0.4 is 10.2 Å². The zero-order chi connectivity index (χ0) is 14.4. The molecule has 1 saturated heterocycles. The van der Waals surface area contributed by atoms with E-state index in [-0.39, 0.29) is 5.69 Å². The van der Waals surface area contributed by atoms with E-state index in [1.807, 2.05) is 0 Å². The molecule has 1 aromatic rings. The summed E-state index contributed by atoms with van der Waals surface area (Å²) in [5.74, 6) is 1.47. The molecular formula is C14H22N4O2. The molecule has 2 heterocycles. The number of hydrogen-bond donors (Lipinski definition) is 1. The topological polar surface area (TPSA) is 71.3 Å². The van der Waals surface area contributed by atoms with Crippen LogP contribution in [0.3, 0.4) is 0 Å².